The third kappa shape index (κ3) is 4.16. The van der Waals surface area contributed by atoms with E-state index in [0.29, 0.717) is 33.4 Å². The van der Waals surface area contributed by atoms with Gasteiger partial charge in [0.05, 0.1) is 17.1 Å². The molecule has 0 atom stereocenters. The SMILES string of the molecule is CCCCCN1C(=O)C(SCCO)=C(c2ccc(Cl)cc2)C1=O. The third-order valence-corrected chi connectivity index (χ3v) is 4.89. The zero-order chi connectivity index (χ0) is 16.8. The Kier molecular flexibility index (Phi) is 6.69. The van der Waals surface area contributed by atoms with Crippen LogP contribution in [0.5, 0.6) is 0 Å². The molecule has 0 saturated heterocycles. The van der Waals surface area contributed by atoms with Gasteiger partial charge < -0.3 is 5.11 Å². The fourth-order valence-electron chi connectivity index (χ4n) is 2.43. The number of hydrogen-bond acceptors (Lipinski definition) is 4. The fraction of sp³-hybridized carbons (Fsp3) is 0.412. The number of aliphatic hydroxyl groups is 1. The standard InChI is InChI=1S/C17H20ClNO3S/c1-2-3-4-9-19-16(21)14(12-5-7-13(18)8-6-12)15(17(19)22)23-11-10-20/h5-8,20H,2-4,9-11H2,1H3. The zero-order valence-corrected chi connectivity index (χ0v) is 14.6. The topological polar surface area (TPSA) is 57.6 Å². The highest BCUT2D eigenvalue weighted by Gasteiger charge is 2.38. The van der Waals surface area contributed by atoms with Crippen LogP contribution in [-0.4, -0.2) is 40.7 Å². The second-order valence-corrected chi connectivity index (χ2v) is 6.79. The zero-order valence-electron chi connectivity index (χ0n) is 13.0. The number of hydrogen-bond donors (Lipinski definition) is 1. The number of amides is 2. The summed E-state index contributed by atoms with van der Waals surface area (Å²) in [5, 5.41) is 9.62. The summed E-state index contributed by atoms with van der Waals surface area (Å²) < 4.78 is 0. The Labute approximate surface area is 145 Å². The fourth-order valence-corrected chi connectivity index (χ4v) is 3.43. The van der Waals surface area contributed by atoms with Crippen molar-refractivity contribution in [1.82, 2.24) is 4.90 Å². The number of imide groups is 1. The van der Waals surface area contributed by atoms with Gasteiger partial charge in [0.25, 0.3) is 11.8 Å². The van der Waals surface area contributed by atoms with Crippen LogP contribution in [0.15, 0.2) is 29.2 Å². The Morgan fingerprint density at radius 3 is 2.43 bits per heavy atom. The second kappa shape index (κ2) is 8.52. The van der Waals surface area contributed by atoms with E-state index < -0.39 is 0 Å². The van der Waals surface area contributed by atoms with Gasteiger partial charge in [0.1, 0.15) is 0 Å². The summed E-state index contributed by atoms with van der Waals surface area (Å²) in [5.74, 6) is -0.128. The lowest BCUT2D eigenvalue weighted by Gasteiger charge is -2.14. The Morgan fingerprint density at radius 2 is 1.83 bits per heavy atom. The predicted octanol–water partition coefficient (Wildman–Crippen LogP) is 3.34. The number of thioether (sulfide) groups is 1. The normalized spacial score (nSPS) is 15.0. The van der Waals surface area contributed by atoms with Crippen LogP contribution < -0.4 is 0 Å². The summed E-state index contributed by atoms with van der Waals surface area (Å²) in [6, 6.07) is 6.90. The van der Waals surface area contributed by atoms with Crippen LogP contribution >= 0.6 is 23.4 Å². The maximum absolute atomic E-state index is 12.7. The molecule has 0 radical (unpaired) electrons. The van der Waals surface area contributed by atoms with Crippen LogP contribution in [-0.2, 0) is 9.59 Å². The molecular formula is C17H20ClNO3S. The van der Waals surface area contributed by atoms with Crippen LogP contribution in [0.25, 0.3) is 5.57 Å². The van der Waals surface area contributed by atoms with Gasteiger partial charge in [-0.2, -0.15) is 0 Å². The van der Waals surface area contributed by atoms with Gasteiger partial charge in [-0.3, -0.25) is 14.5 Å². The van der Waals surface area contributed by atoms with Gasteiger partial charge >= 0.3 is 0 Å². The molecule has 1 aromatic rings. The predicted molar refractivity (Wildman–Crippen MR) is 94.2 cm³/mol. The van der Waals surface area contributed by atoms with Gasteiger partial charge in [-0.25, -0.2) is 0 Å². The summed E-state index contributed by atoms with van der Waals surface area (Å²) in [6.45, 7) is 2.47. The number of aliphatic hydroxyl groups excluding tert-OH is 1. The van der Waals surface area contributed by atoms with Gasteiger partial charge in [-0.05, 0) is 24.1 Å². The van der Waals surface area contributed by atoms with Crippen LogP contribution in [0.1, 0.15) is 31.7 Å². The highest BCUT2D eigenvalue weighted by Crippen LogP contribution is 2.36. The minimum absolute atomic E-state index is 0.0423. The van der Waals surface area contributed by atoms with Crippen LogP contribution in [0.2, 0.25) is 5.02 Å². The first kappa shape index (κ1) is 18.0. The molecule has 0 fully saturated rings. The first-order valence-corrected chi connectivity index (χ1v) is 9.06. The number of carbonyl (C=O) groups is 2. The first-order chi connectivity index (χ1) is 11.1. The van der Waals surface area contributed by atoms with Gasteiger partial charge in [-0.15, -0.1) is 11.8 Å². The molecule has 1 heterocycles. The van der Waals surface area contributed by atoms with Crippen molar-refractivity contribution in [3.63, 3.8) is 0 Å². The molecule has 0 bridgehead atoms. The minimum Gasteiger partial charge on any atom is -0.396 e. The molecule has 0 unspecified atom stereocenters. The smallest absolute Gasteiger partial charge is 0.267 e. The lowest BCUT2D eigenvalue weighted by atomic mass is 10.1. The highest BCUT2D eigenvalue weighted by molar-refractivity contribution is 8.04. The molecule has 0 aliphatic carbocycles. The quantitative estimate of drug-likeness (QED) is 0.575. The number of unbranched alkanes of at least 4 members (excludes halogenated alkanes) is 2. The van der Waals surface area contributed by atoms with Crippen LogP contribution in [0, 0.1) is 0 Å². The summed E-state index contributed by atoms with van der Waals surface area (Å²) in [7, 11) is 0. The molecule has 6 heteroatoms. The number of rotatable bonds is 8. The molecule has 23 heavy (non-hydrogen) atoms. The molecule has 1 aromatic carbocycles. The molecule has 0 spiro atoms. The van der Waals surface area contributed by atoms with Crippen molar-refractivity contribution < 1.29 is 14.7 Å². The molecule has 1 aliphatic rings. The lowest BCUT2D eigenvalue weighted by molar-refractivity contribution is -0.136. The number of benzene rings is 1. The maximum Gasteiger partial charge on any atom is 0.267 e. The third-order valence-electron chi connectivity index (χ3n) is 3.58. The van der Waals surface area contributed by atoms with Crippen molar-refractivity contribution in [2.75, 3.05) is 18.9 Å². The molecule has 1 N–H and O–H groups in total. The summed E-state index contributed by atoms with van der Waals surface area (Å²) in [4.78, 5) is 27.0. The minimum atomic E-state index is -0.256. The molecule has 0 aromatic heterocycles. The Hall–Kier alpha value is -1.30. The molecule has 124 valence electrons. The van der Waals surface area contributed by atoms with Crippen molar-refractivity contribution in [3.05, 3.63) is 39.8 Å². The van der Waals surface area contributed by atoms with E-state index >= 15 is 0 Å². The Balaban J connectivity index is 2.31. The molecule has 2 rings (SSSR count). The van der Waals surface area contributed by atoms with E-state index in [4.69, 9.17) is 16.7 Å². The molecule has 1 aliphatic heterocycles. The van der Waals surface area contributed by atoms with Gasteiger partial charge in [0, 0.05) is 17.3 Å². The highest BCUT2D eigenvalue weighted by atomic mass is 35.5. The van der Waals surface area contributed by atoms with Crippen molar-refractivity contribution in [1.29, 1.82) is 0 Å². The van der Waals surface area contributed by atoms with Gasteiger partial charge in [-0.1, -0.05) is 43.5 Å². The average Bonchev–Trinajstić information content (AvgIpc) is 2.78. The van der Waals surface area contributed by atoms with Crippen molar-refractivity contribution >= 4 is 40.8 Å². The Morgan fingerprint density at radius 1 is 1.13 bits per heavy atom. The number of carbonyl (C=O) groups excluding carboxylic acids is 2. The van der Waals surface area contributed by atoms with E-state index in [1.165, 1.54) is 16.7 Å². The van der Waals surface area contributed by atoms with E-state index in [9.17, 15) is 9.59 Å². The van der Waals surface area contributed by atoms with E-state index in [0.717, 1.165) is 19.3 Å². The van der Waals surface area contributed by atoms with Gasteiger partial charge in [0.15, 0.2) is 0 Å². The molecular weight excluding hydrogens is 334 g/mol. The van der Waals surface area contributed by atoms with Crippen LogP contribution in [0.4, 0.5) is 0 Å². The molecule has 4 nitrogen and oxygen atoms in total. The maximum atomic E-state index is 12.7. The number of nitrogens with zero attached hydrogens (tertiary/aromatic N) is 1. The number of halogens is 1. The monoisotopic (exact) mass is 353 g/mol. The first-order valence-electron chi connectivity index (χ1n) is 7.70. The molecule has 2 amide bonds. The molecule has 0 saturated carbocycles. The van der Waals surface area contributed by atoms with E-state index in [1.54, 1.807) is 24.3 Å². The largest absolute Gasteiger partial charge is 0.396 e. The summed E-state index contributed by atoms with van der Waals surface area (Å²) >= 11 is 7.13. The van der Waals surface area contributed by atoms with Crippen molar-refractivity contribution in [3.8, 4) is 0 Å². The van der Waals surface area contributed by atoms with Gasteiger partial charge in [0.2, 0.25) is 0 Å². The average molecular weight is 354 g/mol. The summed E-state index contributed by atoms with van der Waals surface area (Å²) in [5.41, 5.74) is 1.10. The summed E-state index contributed by atoms with van der Waals surface area (Å²) in [6.07, 6.45) is 2.81. The van der Waals surface area contributed by atoms with Crippen molar-refractivity contribution in [2.24, 2.45) is 0 Å². The van der Waals surface area contributed by atoms with E-state index in [2.05, 4.69) is 6.92 Å². The van der Waals surface area contributed by atoms with Crippen molar-refractivity contribution in [2.45, 2.75) is 26.2 Å². The Bertz CT molecular complexity index is 613. The van der Waals surface area contributed by atoms with E-state index in [-0.39, 0.29) is 18.4 Å². The lowest BCUT2D eigenvalue weighted by Crippen LogP contribution is -2.32. The second-order valence-electron chi connectivity index (χ2n) is 5.25. The van der Waals surface area contributed by atoms with E-state index in [1.807, 2.05) is 0 Å². The van der Waals surface area contributed by atoms with Crippen LogP contribution in [0.3, 0.4) is 0 Å².